The monoisotopic (exact) mass is 391 g/mol. The van der Waals surface area contributed by atoms with E-state index in [9.17, 15) is 9.90 Å². The Kier molecular flexibility index (Phi) is 6.20. The third kappa shape index (κ3) is 4.99. The topological polar surface area (TPSA) is 83.0 Å². The van der Waals surface area contributed by atoms with E-state index in [4.69, 9.17) is 4.74 Å². The molecular formula is C17H18BrN3O3. The van der Waals surface area contributed by atoms with E-state index < -0.39 is 6.04 Å². The minimum atomic E-state index is -0.470. The van der Waals surface area contributed by atoms with Gasteiger partial charge in [-0.25, -0.2) is 5.43 Å². The van der Waals surface area contributed by atoms with Crippen molar-refractivity contribution in [2.75, 3.05) is 12.4 Å². The highest BCUT2D eigenvalue weighted by molar-refractivity contribution is 9.10. The van der Waals surface area contributed by atoms with Crippen LogP contribution in [0.4, 0.5) is 5.69 Å². The number of aromatic hydroxyl groups is 1. The summed E-state index contributed by atoms with van der Waals surface area (Å²) in [4.78, 5) is 12.0. The molecule has 126 valence electrons. The fraction of sp³-hybridized carbons (Fsp3) is 0.176. The highest BCUT2D eigenvalue weighted by Crippen LogP contribution is 2.21. The predicted molar refractivity (Wildman–Crippen MR) is 97.6 cm³/mol. The van der Waals surface area contributed by atoms with Crippen molar-refractivity contribution in [3.8, 4) is 11.5 Å². The predicted octanol–water partition coefficient (Wildman–Crippen LogP) is 3.11. The van der Waals surface area contributed by atoms with Crippen LogP contribution in [0.5, 0.6) is 11.5 Å². The number of ether oxygens (including phenoxy) is 1. The van der Waals surface area contributed by atoms with Crippen molar-refractivity contribution in [3.63, 3.8) is 0 Å². The third-order valence-corrected chi connectivity index (χ3v) is 3.76. The molecule has 3 N–H and O–H groups in total. The Morgan fingerprint density at radius 2 is 2.00 bits per heavy atom. The summed E-state index contributed by atoms with van der Waals surface area (Å²) in [6, 6.07) is 11.8. The molecule has 2 rings (SSSR count). The van der Waals surface area contributed by atoms with E-state index in [0.717, 1.165) is 10.2 Å². The number of carbonyl (C=O) groups excluding carboxylic acids is 1. The summed E-state index contributed by atoms with van der Waals surface area (Å²) in [5, 5.41) is 16.7. The number of rotatable bonds is 6. The van der Waals surface area contributed by atoms with Crippen LogP contribution in [0.25, 0.3) is 0 Å². The number of anilines is 1. The molecule has 1 atom stereocenters. The maximum atomic E-state index is 12.0. The minimum Gasteiger partial charge on any atom is -0.507 e. The number of hydrogen-bond acceptors (Lipinski definition) is 5. The number of halogens is 1. The molecule has 0 heterocycles. The lowest BCUT2D eigenvalue weighted by atomic mass is 10.2. The zero-order valence-corrected chi connectivity index (χ0v) is 14.9. The van der Waals surface area contributed by atoms with Crippen molar-refractivity contribution in [2.45, 2.75) is 13.0 Å². The number of methoxy groups -OCH3 is 1. The van der Waals surface area contributed by atoms with Crippen LogP contribution in [0.2, 0.25) is 0 Å². The molecule has 1 amide bonds. The van der Waals surface area contributed by atoms with E-state index in [1.807, 2.05) is 24.3 Å². The van der Waals surface area contributed by atoms with Gasteiger partial charge >= 0.3 is 0 Å². The second-order valence-corrected chi connectivity index (χ2v) is 5.95. The summed E-state index contributed by atoms with van der Waals surface area (Å²) >= 11 is 3.36. The summed E-state index contributed by atoms with van der Waals surface area (Å²) in [6.45, 7) is 1.73. The van der Waals surface area contributed by atoms with Crippen LogP contribution in [0.3, 0.4) is 0 Å². The first-order valence-electron chi connectivity index (χ1n) is 7.21. The van der Waals surface area contributed by atoms with Crippen LogP contribution >= 0.6 is 15.9 Å². The number of amides is 1. The van der Waals surface area contributed by atoms with Gasteiger partial charge in [-0.15, -0.1) is 0 Å². The second kappa shape index (κ2) is 8.35. The molecule has 0 aromatic heterocycles. The van der Waals surface area contributed by atoms with Crippen LogP contribution in [-0.4, -0.2) is 30.4 Å². The summed E-state index contributed by atoms with van der Waals surface area (Å²) in [7, 11) is 1.53. The number of phenolic OH excluding ortho intramolecular Hbond substituents is 1. The van der Waals surface area contributed by atoms with Crippen molar-refractivity contribution in [2.24, 2.45) is 5.10 Å². The van der Waals surface area contributed by atoms with Crippen LogP contribution in [0.1, 0.15) is 12.5 Å². The molecule has 24 heavy (non-hydrogen) atoms. The maximum absolute atomic E-state index is 12.0. The minimum absolute atomic E-state index is 0.0508. The summed E-state index contributed by atoms with van der Waals surface area (Å²) in [5.41, 5.74) is 3.71. The molecule has 1 unspecified atom stereocenters. The zero-order chi connectivity index (χ0) is 17.5. The van der Waals surface area contributed by atoms with Crippen LogP contribution < -0.4 is 15.5 Å². The largest absolute Gasteiger partial charge is 0.507 e. The molecule has 0 radical (unpaired) electrons. The van der Waals surface area contributed by atoms with Crippen LogP contribution in [0.15, 0.2) is 52.0 Å². The lowest BCUT2D eigenvalue weighted by molar-refractivity contribution is -0.121. The molecule has 6 nitrogen and oxygen atoms in total. The quantitative estimate of drug-likeness (QED) is 0.521. The normalized spacial score (nSPS) is 12.0. The number of benzene rings is 2. The number of hydrogen-bond donors (Lipinski definition) is 3. The Hall–Kier alpha value is -2.54. The highest BCUT2D eigenvalue weighted by atomic mass is 79.9. The smallest absolute Gasteiger partial charge is 0.262 e. The van der Waals surface area contributed by atoms with Crippen molar-refractivity contribution in [1.29, 1.82) is 0 Å². The van der Waals surface area contributed by atoms with Gasteiger partial charge in [0, 0.05) is 15.7 Å². The Morgan fingerprint density at radius 3 is 2.67 bits per heavy atom. The molecule has 0 aliphatic rings. The van der Waals surface area contributed by atoms with Gasteiger partial charge in [0.1, 0.15) is 17.5 Å². The molecule has 0 saturated heterocycles. The van der Waals surface area contributed by atoms with Gasteiger partial charge in [0.15, 0.2) is 0 Å². The molecule has 2 aromatic rings. The second-order valence-electron chi connectivity index (χ2n) is 5.03. The molecule has 0 aliphatic carbocycles. The summed E-state index contributed by atoms with van der Waals surface area (Å²) in [6.07, 6.45) is 1.36. The first kappa shape index (κ1) is 17.8. The Morgan fingerprint density at radius 1 is 1.29 bits per heavy atom. The first-order chi connectivity index (χ1) is 11.5. The fourth-order valence-electron chi connectivity index (χ4n) is 1.89. The van der Waals surface area contributed by atoms with E-state index in [-0.39, 0.29) is 11.7 Å². The highest BCUT2D eigenvalue weighted by Gasteiger charge is 2.11. The van der Waals surface area contributed by atoms with Crippen molar-refractivity contribution in [3.05, 3.63) is 52.5 Å². The first-order valence-corrected chi connectivity index (χ1v) is 8.01. The Bertz CT molecular complexity index is 732. The van der Waals surface area contributed by atoms with Gasteiger partial charge in [-0.05, 0) is 49.4 Å². The Balaban J connectivity index is 1.93. The number of carbonyl (C=O) groups is 1. The maximum Gasteiger partial charge on any atom is 0.262 e. The van der Waals surface area contributed by atoms with Gasteiger partial charge in [-0.2, -0.15) is 5.10 Å². The van der Waals surface area contributed by atoms with Gasteiger partial charge in [0.2, 0.25) is 0 Å². The standard InChI is InChI=1S/C17H18BrN3O3/c1-11(20-14-5-3-13(18)4-6-14)17(23)21-19-10-12-9-15(24-2)7-8-16(12)22/h3-11,20,22H,1-2H3,(H,21,23). The van der Waals surface area contributed by atoms with Crippen molar-refractivity contribution in [1.82, 2.24) is 5.43 Å². The molecule has 0 aliphatic heterocycles. The van der Waals surface area contributed by atoms with Crippen LogP contribution in [-0.2, 0) is 4.79 Å². The van der Waals surface area contributed by atoms with E-state index in [2.05, 4.69) is 31.8 Å². The lowest BCUT2D eigenvalue weighted by Crippen LogP contribution is -2.34. The molecular weight excluding hydrogens is 374 g/mol. The third-order valence-electron chi connectivity index (χ3n) is 3.23. The average Bonchev–Trinajstić information content (AvgIpc) is 2.58. The van der Waals surface area contributed by atoms with Gasteiger partial charge in [-0.1, -0.05) is 15.9 Å². The van der Waals surface area contributed by atoms with Gasteiger partial charge in [-0.3, -0.25) is 4.79 Å². The number of nitrogens with one attached hydrogen (secondary N) is 2. The van der Waals surface area contributed by atoms with Gasteiger partial charge in [0.25, 0.3) is 5.91 Å². The molecule has 0 saturated carbocycles. The lowest BCUT2D eigenvalue weighted by Gasteiger charge is -2.13. The van der Waals surface area contributed by atoms with E-state index in [1.54, 1.807) is 19.1 Å². The van der Waals surface area contributed by atoms with E-state index in [1.165, 1.54) is 19.4 Å². The van der Waals surface area contributed by atoms with Crippen molar-refractivity contribution < 1.29 is 14.6 Å². The molecule has 7 heteroatoms. The molecule has 0 bridgehead atoms. The zero-order valence-electron chi connectivity index (χ0n) is 13.3. The average molecular weight is 392 g/mol. The van der Waals surface area contributed by atoms with E-state index >= 15 is 0 Å². The molecule has 2 aromatic carbocycles. The van der Waals surface area contributed by atoms with E-state index in [0.29, 0.717) is 11.3 Å². The summed E-state index contributed by atoms with van der Waals surface area (Å²) in [5.74, 6) is 0.345. The SMILES string of the molecule is COc1ccc(O)c(C=NNC(=O)C(C)Nc2ccc(Br)cc2)c1. The Labute approximate surface area is 148 Å². The number of hydrazone groups is 1. The fourth-order valence-corrected chi connectivity index (χ4v) is 2.15. The van der Waals surface area contributed by atoms with Crippen molar-refractivity contribution >= 4 is 33.7 Å². The van der Waals surface area contributed by atoms with Gasteiger partial charge < -0.3 is 15.2 Å². The molecule has 0 fully saturated rings. The summed E-state index contributed by atoms with van der Waals surface area (Å²) < 4.78 is 6.04. The number of nitrogens with zero attached hydrogens (tertiary/aromatic N) is 1. The van der Waals surface area contributed by atoms with Crippen LogP contribution in [0, 0.1) is 0 Å². The molecule has 0 spiro atoms. The van der Waals surface area contributed by atoms with Gasteiger partial charge in [0.05, 0.1) is 13.3 Å². The number of phenols is 1.